The number of carbonyl (C=O) groups excluding carboxylic acids is 3. The van der Waals surface area contributed by atoms with Gasteiger partial charge in [0.2, 0.25) is 5.91 Å². The highest BCUT2D eigenvalue weighted by Gasteiger charge is 2.41. The molecule has 216 valence electrons. The fourth-order valence-corrected chi connectivity index (χ4v) is 6.35. The summed E-state index contributed by atoms with van der Waals surface area (Å²) in [6, 6.07) is 9.22. The molecule has 1 unspecified atom stereocenters. The van der Waals surface area contributed by atoms with Gasteiger partial charge < -0.3 is 19.9 Å². The second kappa shape index (κ2) is 9.53. The number of piperidine rings is 1. The van der Waals surface area contributed by atoms with E-state index >= 15 is 4.39 Å². The molecule has 10 nitrogen and oxygen atoms in total. The van der Waals surface area contributed by atoms with Crippen LogP contribution in [0, 0.1) is 11.9 Å². The van der Waals surface area contributed by atoms with Crippen molar-refractivity contribution < 1.29 is 32.7 Å². The number of halogens is 3. The number of pyridine rings is 1. The van der Waals surface area contributed by atoms with Crippen LogP contribution in [0.5, 0.6) is 0 Å². The largest absolute Gasteiger partial charge is 0.356 e. The van der Waals surface area contributed by atoms with Crippen LogP contribution in [0.15, 0.2) is 48.8 Å². The molecule has 3 aromatic heterocycles. The number of hydrogen-bond donors (Lipinski definition) is 3. The van der Waals surface area contributed by atoms with Crippen LogP contribution in [0.3, 0.4) is 0 Å². The average Bonchev–Trinajstić information content (AvgIpc) is 3.57. The Morgan fingerprint density at radius 3 is 2.60 bits per heavy atom. The van der Waals surface area contributed by atoms with Crippen molar-refractivity contribution in [3.63, 3.8) is 0 Å². The van der Waals surface area contributed by atoms with Gasteiger partial charge in [0.1, 0.15) is 11.7 Å². The van der Waals surface area contributed by atoms with Gasteiger partial charge in [-0.1, -0.05) is 18.2 Å². The summed E-state index contributed by atoms with van der Waals surface area (Å²) in [5.74, 6) is -3.38. The van der Waals surface area contributed by atoms with Gasteiger partial charge in [-0.2, -0.15) is 13.2 Å². The lowest BCUT2D eigenvalue weighted by molar-refractivity contribution is -0.244. The van der Waals surface area contributed by atoms with E-state index in [9.17, 15) is 23.2 Å². The number of imidazole rings is 1. The first-order valence-corrected chi connectivity index (χ1v) is 13.6. The number of aliphatic hydroxyl groups is 1. The van der Waals surface area contributed by atoms with Crippen molar-refractivity contribution in [3.8, 4) is 0 Å². The first kappa shape index (κ1) is 26.4. The van der Waals surface area contributed by atoms with Crippen LogP contribution in [0.25, 0.3) is 27.7 Å². The van der Waals surface area contributed by atoms with E-state index in [2.05, 4.69) is 15.6 Å². The Morgan fingerprint density at radius 1 is 1.07 bits per heavy atom. The highest BCUT2D eigenvalue weighted by molar-refractivity contribution is 6.49. The molecule has 4 aromatic rings. The van der Waals surface area contributed by atoms with Gasteiger partial charge in [0.25, 0.3) is 11.8 Å². The smallest absolute Gasteiger partial charge is 0.341 e. The Bertz CT molecular complexity index is 1830. The number of benzene rings is 1. The monoisotopic (exact) mass is 578 g/mol. The number of likely N-dealkylation sites (tertiary alicyclic amines) is 1. The summed E-state index contributed by atoms with van der Waals surface area (Å²) in [5.41, 5.74) is 2.78. The molecule has 1 saturated heterocycles. The van der Waals surface area contributed by atoms with Gasteiger partial charge in [0.15, 0.2) is 5.95 Å². The Balaban J connectivity index is 1.27. The van der Waals surface area contributed by atoms with E-state index in [0.29, 0.717) is 33.4 Å². The maximum atomic E-state index is 15.6. The summed E-state index contributed by atoms with van der Waals surface area (Å²) < 4.78 is 45.3. The van der Waals surface area contributed by atoms with Crippen molar-refractivity contribution in [2.45, 2.75) is 38.1 Å². The molecule has 1 fully saturated rings. The molecule has 3 aliphatic heterocycles. The number of aromatic nitrogens is 3. The van der Waals surface area contributed by atoms with E-state index in [0.717, 1.165) is 0 Å². The SMILES string of the molecule is O=C1NC(=O)C(c2cnc3ccccn23)=C1c1ccc2c3c1cc(F)n3CC(C(=O)N1CCC(C(O)(F)F)CC1)NC2. The van der Waals surface area contributed by atoms with E-state index in [-0.39, 0.29) is 56.1 Å². The third kappa shape index (κ3) is 4.10. The summed E-state index contributed by atoms with van der Waals surface area (Å²) in [4.78, 5) is 45.4. The fraction of sp³-hybridized carbons (Fsp3) is 0.310. The number of amides is 3. The van der Waals surface area contributed by atoms with E-state index < -0.39 is 35.8 Å². The van der Waals surface area contributed by atoms with Crippen LogP contribution in [-0.2, 0) is 27.5 Å². The van der Waals surface area contributed by atoms with Crippen LogP contribution in [0.2, 0.25) is 0 Å². The number of alkyl halides is 2. The van der Waals surface area contributed by atoms with Gasteiger partial charge in [0, 0.05) is 43.8 Å². The van der Waals surface area contributed by atoms with Gasteiger partial charge in [-0.05, 0) is 36.1 Å². The highest BCUT2D eigenvalue weighted by atomic mass is 19.3. The minimum atomic E-state index is -3.80. The second-order valence-electron chi connectivity index (χ2n) is 10.8. The predicted octanol–water partition coefficient (Wildman–Crippen LogP) is 2.29. The summed E-state index contributed by atoms with van der Waals surface area (Å²) in [5, 5.41) is 15.0. The summed E-state index contributed by atoms with van der Waals surface area (Å²) in [6.45, 7) is 0.265. The molecule has 0 aliphatic carbocycles. The first-order valence-electron chi connectivity index (χ1n) is 13.6. The molecular weight excluding hydrogens is 553 g/mol. The molecule has 1 aromatic carbocycles. The van der Waals surface area contributed by atoms with E-state index in [1.54, 1.807) is 40.9 Å². The van der Waals surface area contributed by atoms with Gasteiger partial charge in [-0.15, -0.1) is 0 Å². The van der Waals surface area contributed by atoms with Crippen LogP contribution in [0.4, 0.5) is 13.2 Å². The van der Waals surface area contributed by atoms with Crippen LogP contribution in [-0.4, -0.2) is 66.9 Å². The van der Waals surface area contributed by atoms with E-state index in [1.807, 2.05) is 0 Å². The molecule has 0 spiro atoms. The number of rotatable bonds is 4. The van der Waals surface area contributed by atoms with Gasteiger partial charge in [-0.3, -0.25) is 24.1 Å². The standard InChI is InChI=1S/C29H25F3N6O4/c30-21-11-18-17(23-24(27(40)35-26(23)39)20-13-34-22-3-1-2-8-37(20)22)5-4-15-12-33-19(14-38(21)25(15)18)28(41)36-9-6-16(7-10-36)29(31,32)42/h1-5,8,11,13,16,19,33,42H,6-7,9-10,12,14H2,(H,35,39,40). The Hall–Kier alpha value is -4.49. The quantitative estimate of drug-likeness (QED) is 0.320. The fourth-order valence-electron chi connectivity index (χ4n) is 6.35. The molecule has 42 heavy (non-hydrogen) atoms. The minimum absolute atomic E-state index is 0.0433. The lowest BCUT2D eigenvalue weighted by Gasteiger charge is -2.35. The topological polar surface area (TPSA) is 121 Å². The number of carbonyl (C=O) groups is 3. The van der Waals surface area contributed by atoms with E-state index in [1.165, 1.54) is 21.7 Å². The first-order chi connectivity index (χ1) is 20.1. The van der Waals surface area contributed by atoms with Crippen LogP contribution >= 0.6 is 0 Å². The van der Waals surface area contributed by atoms with Crippen molar-refractivity contribution >= 4 is 45.4 Å². The molecule has 3 amide bonds. The number of nitrogens with zero attached hydrogens (tertiary/aromatic N) is 4. The maximum absolute atomic E-state index is 15.6. The van der Waals surface area contributed by atoms with E-state index in [4.69, 9.17) is 5.11 Å². The maximum Gasteiger partial charge on any atom is 0.356 e. The molecule has 3 aliphatic rings. The van der Waals surface area contributed by atoms with Crippen molar-refractivity contribution in [1.29, 1.82) is 0 Å². The van der Waals surface area contributed by atoms with Crippen molar-refractivity contribution in [3.05, 3.63) is 71.6 Å². The third-order valence-corrected chi connectivity index (χ3v) is 8.47. The number of imide groups is 1. The summed E-state index contributed by atoms with van der Waals surface area (Å²) in [6.07, 6.45) is -0.637. The van der Waals surface area contributed by atoms with Gasteiger partial charge in [0.05, 0.1) is 34.5 Å². The van der Waals surface area contributed by atoms with Crippen molar-refractivity contribution in [2.24, 2.45) is 5.92 Å². The predicted molar refractivity (Wildman–Crippen MR) is 144 cm³/mol. The van der Waals surface area contributed by atoms with Crippen LogP contribution in [0.1, 0.15) is 29.7 Å². The Labute approximate surface area is 236 Å². The molecule has 6 heterocycles. The molecule has 0 radical (unpaired) electrons. The molecule has 3 N–H and O–H groups in total. The second-order valence-corrected chi connectivity index (χ2v) is 10.8. The highest BCUT2D eigenvalue weighted by Crippen LogP contribution is 2.38. The number of hydrogen-bond acceptors (Lipinski definition) is 6. The molecular formula is C29H25F3N6O4. The summed E-state index contributed by atoms with van der Waals surface area (Å²) in [7, 11) is 0. The van der Waals surface area contributed by atoms with Crippen molar-refractivity contribution in [1.82, 2.24) is 29.5 Å². The number of nitrogens with one attached hydrogen (secondary N) is 2. The normalized spacial score (nSPS) is 20.1. The molecule has 1 atom stereocenters. The average molecular weight is 579 g/mol. The molecule has 7 rings (SSSR count). The van der Waals surface area contributed by atoms with Crippen molar-refractivity contribution in [2.75, 3.05) is 13.1 Å². The number of fused-ring (bicyclic) bond motifs is 1. The van der Waals surface area contributed by atoms with Crippen LogP contribution < -0.4 is 10.6 Å². The zero-order valence-electron chi connectivity index (χ0n) is 22.1. The molecule has 0 saturated carbocycles. The Morgan fingerprint density at radius 2 is 1.83 bits per heavy atom. The summed E-state index contributed by atoms with van der Waals surface area (Å²) >= 11 is 0. The zero-order chi connectivity index (χ0) is 29.3. The minimum Gasteiger partial charge on any atom is -0.341 e. The molecule has 13 heteroatoms. The zero-order valence-corrected chi connectivity index (χ0v) is 22.1. The van der Waals surface area contributed by atoms with Gasteiger partial charge >= 0.3 is 6.11 Å². The molecule has 0 bridgehead atoms. The lowest BCUT2D eigenvalue weighted by Crippen LogP contribution is -2.51. The lowest BCUT2D eigenvalue weighted by atomic mass is 9.95. The third-order valence-electron chi connectivity index (χ3n) is 8.47. The Kier molecular flexibility index (Phi) is 5.99. The van der Waals surface area contributed by atoms with Gasteiger partial charge in [-0.25, -0.2) is 4.98 Å².